The maximum atomic E-state index is 9.16. The Morgan fingerprint density at radius 1 is 1.59 bits per heavy atom. The van der Waals surface area contributed by atoms with Crippen LogP contribution in [0.25, 0.3) is 0 Å². The second-order valence-corrected chi connectivity index (χ2v) is 4.57. The van der Waals surface area contributed by atoms with Gasteiger partial charge in [0.05, 0.1) is 19.3 Å². The summed E-state index contributed by atoms with van der Waals surface area (Å²) in [5.74, 6) is 1.88. The molecule has 2 rings (SSSR count). The Kier molecular flexibility index (Phi) is 4.15. The third-order valence-corrected chi connectivity index (χ3v) is 2.79. The van der Waals surface area contributed by atoms with Crippen molar-refractivity contribution in [1.29, 1.82) is 0 Å². The first-order valence-electron chi connectivity index (χ1n) is 5.63. The zero-order chi connectivity index (χ0) is 12.3. The SMILES string of the molecule is COCC(CO)Nc1cc(Cl)nc(C2CC2)n1. The fourth-order valence-corrected chi connectivity index (χ4v) is 1.77. The molecular weight excluding hydrogens is 242 g/mol. The van der Waals surface area contributed by atoms with Gasteiger partial charge in [-0.1, -0.05) is 11.6 Å². The van der Waals surface area contributed by atoms with E-state index in [-0.39, 0.29) is 12.6 Å². The van der Waals surface area contributed by atoms with Gasteiger partial charge in [-0.2, -0.15) is 0 Å². The summed E-state index contributed by atoms with van der Waals surface area (Å²) in [7, 11) is 1.59. The monoisotopic (exact) mass is 257 g/mol. The fraction of sp³-hybridized carbons (Fsp3) is 0.636. The van der Waals surface area contributed by atoms with Gasteiger partial charge in [0.25, 0.3) is 0 Å². The van der Waals surface area contributed by atoms with E-state index < -0.39 is 0 Å². The lowest BCUT2D eigenvalue weighted by molar-refractivity contribution is 0.153. The number of hydrogen-bond donors (Lipinski definition) is 2. The predicted molar refractivity (Wildman–Crippen MR) is 65.4 cm³/mol. The van der Waals surface area contributed by atoms with Gasteiger partial charge in [0.2, 0.25) is 0 Å². The molecule has 0 aromatic carbocycles. The number of rotatable bonds is 6. The average molecular weight is 258 g/mol. The molecule has 2 N–H and O–H groups in total. The van der Waals surface area contributed by atoms with E-state index in [4.69, 9.17) is 21.4 Å². The molecule has 0 radical (unpaired) electrons. The van der Waals surface area contributed by atoms with Gasteiger partial charge in [-0.25, -0.2) is 9.97 Å². The van der Waals surface area contributed by atoms with Gasteiger partial charge in [0, 0.05) is 19.1 Å². The highest BCUT2D eigenvalue weighted by atomic mass is 35.5. The number of methoxy groups -OCH3 is 1. The number of anilines is 1. The summed E-state index contributed by atoms with van der Waals surface area (Å²) in [4.78, 5) is 8.59. The van der Waals surface area contributed by atoms with Crippen molar-refractivity contribution < 1.29 is 9.84 Å². The van der Waals surface area contributed by atoms with Crippen LogP contribution in [0.2, 0.25) is 5.15 Å². The first-order valence-corrected chi connectivity index (χ1v) is 6.01. The zero-order valence-electron chi connectivity index (χ0n) is 9.69. The minimum Gasteiger partial charge on any atom is -0.394 e. The standard InChI is InChI=1S/C11H16ClN3O2/c1-17-6-8(5-16)13-10-4-9(12)14-11(15-10)7-2-3-7/h4,7-8,16H,2-3,5-6H2,1H3,(H,13,14,15). The van der Waals surface area contributed by atoms with Crippen LogP contribution in [0.3, 0.4) is 0 Å². The van der Waals surface area contributed by atoms with E-state index in [1.807, 2.05) is 0 Å². The lowest BCUT2D eigenvalue weighted by Crippen LogP contribution is -2.29. The van der Waals surface area contributed by atoms with Crippen molar-refractivity contribution in [3.63, 3.8) is 0 Å². The summed E-state index contributed by atoms with van der Waals surface area (Å²) >= 11 is 5.94. The van der Waals surface area contributed by atoms with Gasteiger partial charge in [0.15, 0.2) is 0 Å². The van der Waals surface area contributed by atoms with Crippen LogP contribution in [0.5, 0.6) is 0 Å². The molecule has 0 bridgehead atoms. The maximum absolute atomic E-state index is 9.16. The molecular formula is C11H16ClN3O2. The summed E-state index contributed by atoms with van der Waals surface area (Å²) in [5.41, 5.74) is 0. The fourth-order valence-electron chi connectivity index (χ4n) is 1.58. The lowest BCUT2D eigenvalue weighted by Gasteiger charge is -2.16. The van der Waals surface area contributed by atoms with Gasteiger partial charge in [-0.15, -0.1) is 0 Å². The van der Waals surface area contributed by atoms with Crippen LogP contribution in [0.4, 0.5) is 5.82 Å². The van der Waals surface area contributed by atoms with Gasteiger partial charge in [0.1, 0.15) is 16.8 Å². The summed E-state index contributed by atoms with van der Waals surface area (Å²) in [5, 5.41) is 12.7. The lowest BCUT2D eigenvalue weighted by atomic mass is 10.3. The van der Waals surface area contributed by atoms with Crippen molar-refractivity contribution in [3.05, 3.63) is 17.0 Å². The Morgan fingerprint density at radius 2 is 2.35 bits per heavy atom. The summed E-state index contributed by atoms with van der Waals surface area (Å²) in [6.45, 7) is 0.394. The molecule has 1 atom stereocenters. The molecule has 1 aliphatic carbocycles. The molecule has 1 heterocycles. The molecule has 0 aliphatic heterocycles. The Morgan fingerprint density at radius 3 is 2.94 bits per heavy atom. The molecule has 5 nitrogen and oxygen atoms in total. The van der Waals surface area contributed by atoms with Crippen molar-refractivity contribution >= 4 is 17.4 Å². The van der Waals surface area contributed by atoms with Crippen LogP contribution in [0, 0.1) is 0 Å². The molecule has 0 saturated heterocycles. The van der Waals surface area contributed by atoms with Crippen LogP contribution in [0.1, 0.15) is 24.6 Å². The third kappa shape index (κ3) is 3.52. The first-order chi connectivity index (χ1) is 8.22. The normalized spacial score (nSPS) is 16.9. The second kappa shape index (κ2) is 5.62. The van der Waals surface area contributed by atoms with Crippen molar-refractivity contribution in [2.75, 3.05) is 25.6 Å². The number of aromatic nitrogens is 2. The minimum atomic E-state index is -0.182. The molecule has 6 heteroatoms. The number of aliphatic hydroxyl groups is 1. The predicted octanol–water partition coefficient (Wildman–Crippen LogP) is 1.43. The van der Waals surface area contributed by atoms with Crippen LogP contribution >= 0.6 is 11.6 Å². The number of nitrogens with one attached hydrogen (secondary N) is 1. The number of halogens is 1. The number of aliphatic hydroxyl groups excluding tert-OH is 1. The summed E-state index contributed by atoms with van der Waals surface area (Å²) in [6, 6.07) is 1.48. The highest BCUT2D eigenvalue weighted by molar-refractivity contribution is 6.29. The molecule has 1 aliphatic rings. The van der Waals surface area contributed by atoms with Crippen LogP contribution in [-0.2, 0) is 4.74 Å². The molecule has 1 saturated carbocycles. The van der Waals surface area contributed by atoms with Crippen LogP contribution in [-0.4, -0.2) is 41.4 Å². The van der Waals surface area contributed by atoms with E-state index in [9.17, 15) is 0 Å². The first kappa shape index (κ1) is 12.5. The van der Waals surface area contributed by atoms with E-state index in [0.717, 1.165) is 18.7 Å². The molecule has 1 aromatic rings. The maximum Gasteiger partial charge on any atom is 0.135 e. The van der Waals surface area contributed by atoms with Gasteiger partial charge in [-0.05, 0) is 12.8 Å². The molecule has 94 valence electrons. The second-order valence-electron chi connectivity index (χ2n) is 4.19. The van der Waals surface area contributed by atoms with E-state index in [1.165, 1.54) is 0 Å². The third-order valence-electron chi connectivity index (χ3n) is 2.59. The molecule has 0 amide bonds. The Hall–Kier alpha value is -0.910. The summed E-state index contributed by atoms with van der Waals surface area (Å²) < 4.78 is 4.99. The Balaban J connectivity index is 2.08. The highest BCUT2D eigenvalue weighted by Gasteiger charge is 2.27. The number of hydrogen-bond acceptors (Lipinski definition) is 5. The van der Waals surface area contributed by atoms with E-state index in [1.54, 1.807) is 13.2 Å². The Labute approximate surface area is 105 Å². The van der Waals surface area contributed by atoms with Crippen molar-refractivity contribution in [2.24, 2.45) is 0 Å². The van der Waals surface area contributed by atoms with Crippen LogP contribution in [0.15, 0.2) is 6.07 Å². The van der Waals surface area contributed by atoms with Crippen molar-refractivity contribution in [1.82, 2.24) is 9.97 Å². The van der Waals surface area contributed by atoms with Gasteiger partial charge in [-0.3, -0.25) is 0 Å². The summed E-state index contributed by atoms with van der Waals surface area (Å²) in [6.07, 6.45) is 2.25. The number of ether oxygens (including phenoxy) is 1. The number of nitrogens with zero attached hydrogens (tertiary/aromatic N) is 2. The quantitative estimate of drug-likeness (QED) is 0.755. The molecule has 0 spiro atoms. The van der Waals surface area contributed by atoms with Crippen LogP contribution < -0.4 is 5.32 Å². The molecule has 1 aromatic heterocycles. The average Bonchev–Trinajstić information content (AvgIpc) is 3.11. The molecule has 17 heavy (non-hydrogen) atoms. The van der Waals surface area contributed by atoms with Crippen molar-refractivity contribution in [3.8, 4) is 0 Å². The molecule has 1 fully saturated rings. The topological polar surface area (TPSA) is 67.3 Å². The van der Waals surface area contributed by atoms with Gasteiger partial charge >= 0.3 is 0 Å². The van der Waals surface area contributed by atoms with E-state index >= 15 is 0 Å². The minimum absolute atomic E-state index is 0.0196. The smallest absolute Gasteiger partial charge is 0.135 e. The zero-order valence-corrected chi connectivity index (χ0v) is 10.4. The van der Waals surface area contributed by atoms with Crippen molar-refractivity contribution in [2.45, 2.75) is 24.8 Å². The van der Waals surface area contributed by atoms with E-state index in [0.29, 0.717) is 23.5 Å². The largest absolute Gasteiger partial charge is 0.394 e. The Bertz CT molecular complexity index is 385. The van der Waals surface area contributed by atoms with Gasteiger partial charge < -0.3 is 15.2 Å². The molecule has 1 unspecified atom stereocenters. The highest BCUT2D eigenvalue weighted by Crippen LogP contribution is 2.38. The van der Waals surface area contributed by atoms with E-state index in [2.05, 4.69) is 15.3 Å².